The van der Waals surface area contributed by atoms with Gasteiger partial charge in [-0.05, 0) is 35.0 Å². The fourth-order valence-electron chi connectivity index (χ4n) is 0.772. The summed E-state index contributed by atoms with van der Waals surface area (Å²) in [5.74, 6) is 0.739. The van der Waals surface area contributed by atoms with Gasteiger partial charge >= 0.3 is 0 Å². The van der Waals surface area contributed by atoms with Crippen LogP contribution in [0.25, 0.3) is 0 Å². The molecule has 1 aromatic carbocycles. The molecule has 0 bridgehead atoms. The van der Waals surface area contributed by atoms with Crippen molar-refractivity contribution in [3.63, 3.8) is 0 Å². The molecular weight excluding hydrogens is 236 g/mol. The van der Waals surface area contributed by atoms with Crippen molar-refractivity contribution in [3.8, 4) is 0 Å². The molecule has 0 unspecified atom stereocenters. The summed E-state index contributed by atoms with van der Waals surface area (Å²) in [6.45, 7) is 1.80. The second-order valence-electron chi connectivity index (χ2n) is 2.59. The summed E-state index contributed by atoms with van der Waals surface area (Å²) in [4.78, 5) is 1.18. The number of thioether (sulfide) groups is 1. The molecule has 12 heavy (non-hydrogen) atoms. The second kappa shape index (κ2) is 4.90. The molecule has 0 spiro atoms. The van der Waals surface area contributed by atoms with Crippen molar-refractivity contribution < 1.29 is 5.11 Å². The molecule has 0 radical (unpaired) electrons. The number of hydrogen-bond acceptors (Lipinski definition) is 2. The minimum Gasteiger partial charge on any atom is -0.393 e. The van der Waals surface area contributed by atoms with Gasteiger partial charge in [-0.1, -0.05) is 12.1 Å². The van der Waals surface area contributed by atoms with E-state index in [0.29, 0.717) is 0 Å². The summed E-state index contributed by atoms with van der Waals surface area (Å²) < 4.78 is 1.09. The third-order valence-corrected chi connectivity index (χ3v) is 3.59. The predicted molar refractivity (Wildman–Crippen MR) is 56.5 cm³/mol. The molecule has 0 aromatic heterocycles. The topological polar surface area (TPSA) is 20.2 Å². The maximum absolute atomic E-state index is 9.07. The highest BCUT2D eigenvalue weighted by atomic mass is 79.9. The summed E-state index contributed by atoms with van der Waals surface area (Å²) in [6.07, 6.45) is -0.248. The lowest BCUT2D eigenvalue weighted by molar-refractivity contribution is 0.220. The van der Waals surface area contributed by atoms with Gasteiger partial charge in [0.15, 0.2) is 0 Å². The Labute approximate surface area is 85.3 Å². The van der Waals surface area contributed by atoms with E-state index in [1.807, 2.05) is 24.3 Å². The standard InChI is InChI=1S/C9H11BrOS/c1-7(11)6-12-9-5-3-2-4-8(9)10/h2-5,7,11H,6H2,1H3/t7-/m0/s1. The Hall–Kier alpha value is 0.01000. The summed E-state index contributed by atoms with van der Waals surface area (Å²) in [5, 5.41) is 9.07. The molecule has 0 saturated heterocycles. The van der Waals surface area contributed by atoms with Gasteiger partial charge in [-0.2, -0.15) is 0 Å². The number of aliphatic hydroxyl groups is 1. The van der Waals surface area contributed by atoms with Crippen LogP contribution in [-0.2, 0) is 0 Å². The predicted octanol–water partition coefficient (Wildman–Crippen LogP) is 2.92. The summed E-state index contributed by atoms with van der Waals surface area (Å²) >= 11 is 5.10. The van der Waals surface area contributed by atoms with Crippen LogP contribution in [0.1, 0.15) is 6.92 Å². The highest BCUT2D eigenvalue weighted by Crippen LogP contribution is 2.27. The van der Waals surface area contributed by atoms with E-state index in [-0.39, 0.29) is 6.10 Å². The molecular formula is C9H11BrOS. The first-order chi connectivity index (χ1) is 5.70. The Kier molecular flexibility index (Phi) is 4.12. The first-order valence-corrected chi connectivity index (χ1v) is 5.53. The molecule has 1 N–H and O–H groups in total. The van der Waals surface area contributed by atoms with Crippen LogP contribution in [0, 0.1) is 0 Å². The monoisotopic (exact) mass is 246 g/mol. The molecule has 0 aliphatic heterocycles. The molecule has 3 heteroatoms. The van der Waals surface area contributed by atoms with Crippen LogP contribution in [0.15, 0.2) is 33.6 Å². The van der Waals surface area contributed by atoms with Crippen molar-refractivity contribution in [1.29, 1.82) is 0 Å². The lowest BCUT2D eigenvalue weighted by atomic mass is 10.4. The smallest absolute Gasteiger partial charge is 0.0606 e. The molecule has 1 nitrogen and oxygen atoms in total. The third kappa shape index (κ3) is 3.17. The van der Waals surface area contributed by atoms with Crippen molar-refractivity contribution in [1.82, 2.24) is 0 Å². The van der Waals surface area contributed by atoms with E-state index in [9.17, 15) is 0 Å². The van der Waals surface area contributed by atoms with E-state index in [1.54, 1.807) is 18.7 Å². The molecule has 0 amide bonds. The number of aliphatic hydroxyl groups excluding tert-OH is 1. The quantitative estimate of drug-likeness (QED) is 0.829. The van der Waals surface area contributed by atoms with Crippen molar-refractivity contribution >= 4 is 27.7 Å². The third-order valence-electron chi connectivity index (χ3n) is 1.32. The van der Waals surface area contributed by atoms with Crippen LogP contribution < -0.4 is 0 Å². The Morgan fingerprint density at radius 2 is 2.17 bits per heavy atom. The van der Waals surface area contributed by atoms with Crippen LogP contribution >= 0.6 is 27.7 Å². The first kappa shape index (κ1) is 10.1. The fraction of sp³-hybridized carbons (Fsp3) is 0.333. The van der Waals surface area contributed by atoms with E-state index in [1.165, 1.54) is 4.90 Å². The van der Waals surface area contributed by atoms with Gasteiger partial charge in [0, 0.05) is 15.1 Å². The van der Waals surface area contributed by atoms with Crippen molar-refractivity contribution in [2.75, 3.05) is 5.75 Å². The molecule has 0 aliphatic rings. The number of halogens is 1. The van der Waals surface area contributed by atoms with Crippen LogP contribution in [0.4, 0.5) is 0 Å². The normalized spacial score (nSPS) is 12.9. The zero-order chi connectivity index (χ0) is 8.97. The van der Waals surface area contributed by atoms with Gasteiger partial charge in [-0.25, -0.2) is 0 Å². The Bertz CT molecular complexity index is 250. The SMILES string of the molecule is C[C@H](O)CSc1ccccc1Br. The largest absolute Gasteiger partial charge is 0.393 e. The van der Waals surface area contributed by atoms with Crippen LogP contribution in [-0.4, -0.2) is 17.0 Å². The Balaban J connectivity index is 2.57. The van der Waals surface area contributed by atoms with E-state index >= 15 is 0 Å². The Morgan fingerprint density at radius 3 is 2.75 bits per heavy atom. The van der Waals surface area contributed by atoms with Crippen molar-refractivity contribution in [2.45, 2.75) is 17.9 Å². The fourth-order valence-corrected chi connectivity index (χ4v) is 2.20. The summed E-state index contributed by atoms with van der Waals surface area (Å²) in [5.41, 5.74) is 0. The van der Waals surface area contributed by atoms with Gasteiger partial charge in [0.05, 0.1) is 6.10 Å². The van der Waals surface area contributed by atoms with Crippen molar-refractivity contribution in [3.05, 3.63) is 28.7 Å². The molecule has 0 aliphatic carbocycles. The minimum atomic E-state index is -0.248. The van der Waals surface area contributed by atoms with E-state index in [2.05, 4.69) is 15.9 Å². The van der Waals surface area contributed by atoms with Crippen LogP contribution in [0.2, 0.25) is 0 Å². The average molecular weight is 247 g/mol. The maximum atomic E-state index is 9.07. The first-order valence-electron chi connectivity index (χ1n) is 3.75. The lowest BCUT2D eigenvalue weighted by Crippen LogP contribution is -2.02. The average Bonchev–Trinajstić information content (AvgIpc) is 2.03. The maximum Gasteiger partial charge on any atom is 0.0606 e. The van der Waals surface area contributed by atoms with Crippen molar-refractivity contribution in [2.24, 2.45) is 0 Å². The Morgan fingerprint density at radius 1 is 1.50 bits per heavy atom. The molecule has 1 aromatic rings. The highest BCUT2D eigenvalue weighted by Gasteiger charge is 2.00. The molecule has 66 valence electrons. The molecule has 1 rings (SSSR count). The van der Waals surface area contributed by atoms with Crippen LogP contribution in [0.3, 0.4) is 0 Å². The van der Waals surface area contributed by atoms with Gasteiger partial charge in [-0.3, -0.25) is 0 Å². The minimum absolute atomic E-state index is 0.248. The van der Waals surface area contributed by atoms with E-state index in [0.717, 1.165) is 10.2 Å². The number of hydrogen-bond donors (Lipinski definition) is 1. The zero-order valence-corrected chi connectivity index (χ0v) is 9.23. The summed E-state index contributed by atoms with van der Waals surface area (Å²) in [6, 6.07) is 8.02. The zero-order valence-electron chi connectivity index (χ0n) is 6.83. The second-order valence-corrected chi connectivity index (χ2v) is 4.51. The van der Waals surface area contributed by atoms with E-state index in [4.69, 9.17) is 5.11 Å². The van der Waals surface area contributed by atoms with Gasteiger partial charge in [-0.15, -0.1) is 11.8 Å². The molecule has 1 atom stereocenters. The molecule has 0 saturated carbocycles. The van der Waals surface area contributed by atoms with Gasteiger partial charge in [0.25, 0.3) is 0 Å². The van der Waals surface area contributed by atoms with Gasteiger partial charge in [0.1, 0.15) is 0 Å². The molecule has 0 heterocycles. The van der Waals surface area contributed by atoms with Gasteiger partial charge < -0.3 is 5.11 Å². The van der Waals surface area contributed by atoms with Crippen LogP contribution in [0.5, 0.6) is 0 Å². The highest BCUT2D eigenvalue weighted by molar-refractivity contribution is 9.10. The van der Waals surface area contributed by atoms with Gasteiger partial charge in [0.2, 0.25) is 0 Å². The lowest BCUT2D eigenvalue weighted by Gasteiger charge is -2.05. The van der Waals surface area contributed by atoms with E-state index < -0.39 is 0 Å². The summed E-state index contributed by atoms with van der Waals surface area (Å²) in [7, 11) is 0. The molecule has 0 fully saturated rings. The number of rotatable bonds is 3. The number of benzene rings is 1.